The van der Waals surface area contributed by atoms with Crippen molar-refractivity contribution >= 4 is 17.3 Å². The minimum atomic E-state index is -0.477. The Morgan fingerprint density at radius 3 is 2.45 bits per heavy atom. The summed E-state index contributed by atoms with van der Waals surface area (Å²) in [6, 6.07) is 2.89. The summed E-state index contributed by atoms with van der Waals surface area (Å²) < 4.78 is 15.6. The summed E-state index contributed by atoms with van der Waals surface area (Å²) in [6.07, 6.45) is 1.66. The highest BCUT2D eigenvalue weighted by atomic mass is 35.5. The maximum absolute atomic E-state index is 11.0. The van der Waals surface area contributed by atoms with Gasteiger partial charge in [-0.2, -0.15) is 0 Å². The lowest BCUT2D eigenvalue weighted by Gasteiger charge is -2.12. The number of alkyl halides is 1. The highest BCUT2D eigenvalue weighted by Crippen LogP contribution is 2.35. The molecule has 0 aliphatic carbocycles. The van der Waals surface area contributed by atoms with Gasteiger partial charge in [0.25, 0.3) is 5.69 Å². The number of ether oxygens (including phenoxy) is 3. The van der Waals surface area contributed by atoms with Gasteiger partial charge in [-0.3, -0.25) is 10.1 Å². The quantitative estimate of drug-likeness (QED) is 0.303. The van der Waals surface area contributed by atoms with Crippen LogP contribution in [0.15, 0.2) is 12.1 Å². The van der Waals surface area contributed by atoms with E-state index >= 15 is 0 Å². The molecule has 1 rings (SSSR count). The van der Waals surface area contributed by atoms with Crippen molar-refractivity contribution in [2.24, 2.45) is 0 Å². The van der Waals surface area contributed by atoms with Crippen LogP contribution in [0.5, 0.6) is 11.5 Å². The van der Waals surface area contributed by atoms with E-state index in [0.717, 1.165) is 12.8 Å². The molecule has 0 aromatic heterocycles. The Hall–Kier alpha value is -1.53. The molecule has 0 unspecified atom stereocenters. The predicted octanol–water partition coefficient (Wildman–Crippen LogP) is 3.15. The van der Waals surface area contributed by atoms with Crippen LogP contribution in [0.3, 0.4) is 0 Å². The monoisotopic (exact) mass is 303 g/mol. The smallest absolute Gasteiger partial charge is 0.277 e. The average molecular weight is 304 g/mol. The molecule has 0 atom stereocenters. The zero-order valence-corrected chi connectivity index (χ0v) is 12.3. The van der Waals surface area contributed by atoms with E-state index in [9.17, 15) is 10.1 Å². The summed E-state index contributed by atoms with van der Waals surface area (Å²) in [5, 5.41) is 11.0. The molecule has 0 saturated carbocycles. The molecule has 1 aromatic carbocycles. The number of rotatable bonds is 9. The molecule has 6 nitrogen and oxygen atoms in total. The lowest BCUT2D eigenvalue weighted by Crippen LogP contribution is -2.03. The first kappa shape index (κ1) is 16.5. The zero-order valence-electron chi connectivity index (χ0n) is 11.6. The zero-order chi connectivity index (χ0) is 15.0. The van der Waals surface area contributed by atoms with Gasteiger partial charge in [-0.1, -0.05) is 0 Å². The van der Waals surface area contributed by atoms with Crippen molar-refractivity contribution < 1.29 is 19.1 Å². The van der Waals surface area contributed by atoms with Crippen molar-refractivity contribution in [1.82, 2.24) is 0 Å². The number of hydrogen-bond acceptors (Lipinski definition) is 5. The first-order valence-electron chi connectivity index (χ1n) is 6.17. The van der Waals surface area contributed by atoms with Gasteiger partial charge in [-0.15, -0.1) is 11.6 Å². The molecule has 0 aliphatic rings. The number of hydrogen-bond donors (Lipinski definition) is 0. The molecule has 112 valence electrons. The molecule has 1 aromatic rings. The van der Waals surface area contributed by atoms with Gasteiger partial charge in [0.2, 0.25) is 0 Å². The van der Waals surface area contributed by atoms with Crippen molar-refractivity contribution in [3.05, 3.63) is 27.8 Å². The molecule has 0 N–H and O–H groups in total. The average Bonchev–Trinajstić information content (AvgIpc) is 2.46. The molecule has 0 amide bonds. The minimum absolute atomic E-state index is 0.0425. The summed E-state index contributed by atoms with van der Waals surface area (Å²) >= 11 is 5.70. The molecule has 0 spiro atoms. The van der Waals surface area contributed by atoms with Gasteiger partial charge in [-0.25, -0.2) is 0 Å². The first-order valence-corrected chi connectivity index (χ1v) is 6.70. The van der Waals surface area contributed by atoms with Crippen LogP contribution in [0.25, 0.3) is 0 Å². The van der Waals surface area contributed by atoms with Crippen LogP contribution in [0.1, 0.15) is 18.4 Å². The van der Waals surface area contributed by atoms with Gasteiger partial charge in [0, 0.05) is 19.3 Å². The molecule has 0 saturated heterocycles. The Morgan fingerprint density at radius 2 is 1.90 bits per heavy atom. The number of benzene rings is 1. The maximum atomic E-state index is 11.0. The van der Waals surface area contributed by atoms with E-state index in [4.69, 9.17) is 25.8 Å². The third-order valence-corrected chi connectivity index (χ3v) is 2.99. The van der Waals surface area contributed by atoms with Crippen LogP contribution in [-0.2, 0) is 10.6 Å². The van der Waals surface area contributed by atoms with Crippen molar-refractivity contribution in [2.75, 3.05) is 27.4 Å². The number of unbranched alkanes of at least 4 members (excludes halogenated alkanes) is 1. The fraction of sp³-hybridized carbons (Fsp3) is 0.538. The minimum Gasteiger partial charge on any atom is -0.493 e. The molecule has 0 radical (unpaired) electrons. The van der Waals surface area contributed by atoms with Crippen LogP contribution in [0.4, 0.5) is 5.69 Å². The van der Waals surface area contributed by atoms with Gasteiger partial charge in [0.15, 0.2) is 11.5 Å². The number of nitrogens with zero attached hydrogens (tertiary/aromatic N) is 1. The molecule has 0 bridgehead atoms. The van der Waals surface area contributed by atoms with E-state index in [-0.39, 0.29) is 11.6 Å². The van der Waals surface area contributed by atoms with E-state index < -0.39 is 4.92 Å². The van der Waals surface area contributed by atoms with Crippen molar-refractivity contribution in [1.29, 1.82) is 0 Å². The molecular weight excluding hydrogens is 286 g/mol. The topological polar surface area (TPSA) is 70.8 Å². The summed E-state index contributed by atoms with van der Waals surface area (Å²) in [7, 11) is 3.12. The second-order valence-corrected chi connectivity index (χ2v) is 4.34. The van der Waals surface area contributed by atoms with Gasteiger partial charge in [0.1, 0.15) is 0 Å². The van der Waals surface area contributed by atoms with E-state index in [1.807, 2.05) is 0 Å². The number of nitro benzene ring substituents is 1. The first-order chi connectivity index (χ1) is 9.63. The fourth-order valence-electron chi connectivity index (χ4n) is 1.67. The van der Waals surface area contributed by atoms with E-state index in [2.05, 4.69) is 0 Å². The Labute approximate surface area is 122 Å². The van der Waals surface area contributed by atoms with Crippen LogP contribution in [-0.4, -0.2) is 32.4 Å². The van der Waals surface area contributed by atoms with Crippen LogP contribution < -0.4 is 9.47 Å². The summed E-state index contributed by atoms with van der Waals surface area (Å²) in [5.74, 6) is 0.837. The molecule has 20 heavy (non-hydrogen) atoms. The number of nitro groups is 1. The Bertz CT molecular complexity index is 453. The predicted molar refractivity (Wildman–Crippen MR) is 75.8 cm³/mol. The third kappa shape index (κ3) is 4.54. The summed E-state index contributed by atoms with van der Waals surface area (Å²) in [6.45, 7) is 1.10. The molecule has 0 aliphatic heterocycles. The van der Waals surface area contributed by atoms with E-state index in [1.165, 1.54) is 19.2 Å². The third-order valence-electron chi connectivity index (χ3n) is 2.71. The fourth-order valence-corrected chi connectivity index (χ4v) is 1.89. The number of methoxy groups -OCH3 is 2. The van der Waals surface area contributed by atoms with Crippen molar-refractivity contribution in [3.63, 3.8) is 0 Å². The number of halogens is 1. The molecule has 7 heteroatoms. The molecule has 0 heterocycles. The maximum Gasteiger partial charge on any atom is 0.277 e. The van der Waals surface area contributed by atoms with E-state index in [1.54, 1.807) is 7.11 Å². The lowest BCUT2D eigenvalue weighted by atomic mass is 10.2. The van der Waals surface area contributed by atoms with Crippen LogP contribution in [0.2, 0.25) is 0 Å². The second kappa shape index (κ2) is 8.60. The normalized spacial score (nSPS) is 10.3. The van der Waals surface area contributed by atoms with E-state index in [0.29, 0.717) is 30.3 Å². The Balaban J connectivity index is 2.82. The van der Waals surface area contributed by atoms with Gasteiger partial charge < -0.3 is 14.2 Å². The molecule has 0 fully saturated rings. The van der Waals surface area contributed by atoms with Crippen LogP contribution in [0, 0.1) is 10.1 Å². The Morgan fingerprint density at radius 1 is 1.20 bits per heavy atom. The Kier molecular flexibility index (Phi) is 7.11. The van der Waals surface area contributed by atoms with Crippen molar-refractivity contribution in [2.45, 2.75) is 18.7 Å². The largest absolute Gasteiger partial charge is 0.493 e. The highest BCUT2D eigenvalue weighted by molar-refractivity contribution is 6.17. The van der Waals surface area contributed by atoms with Crippen LogP contribution >= 0.6 is 11.6 Å². The SMILES string of the molecule is COCCCCOc1cc([N+](=O)[O-])c(CCl)cc1OC. The van der Waals surface area contributed by atoms with Crippen molar-refractivity contribution in [3.8, 4) is 11.5 Å². The standard InChI is InChI=1S/C13H18ClNO5/c1-18-5-3-4-6-20-13-8-11(15(16)17)10(9-14)7-12(13)19-2/h7-8H,3-6,9H2,1-2H3. The summed E-state index contributed by atoms with van der Waals surface area (Å²) in [5.41, 5.74) is 0.341. The highest BCUT2D eigenvalue weighted by Gasteiger charge is 2.19. The summed E-state index contributed by atoms with van der Waals surface area (Å²) in [4.78, 5) is 10.5. The van der Waals surface area contributed by atoms with Gasteiger partial charge in [-0.05, 0) is 18.9 Å². The molecular formula is C13H18ClNO5. The van der Waals surface area contributed by atoms with Gasteiger partial charge in [0.05, 0.1) is 30.6 Å². The second-order valence-electron chi connectivity index (χ2n) is 4.07. The lowest BCUT2D eigenvalue weighted by molar-refractivity contribution is -0.385. The van der Waals surface area contributed by atoms with Gasteiger partial charge >= 0.3 is 0 Å².